The molecule has 1 aromatic carbocycles. The molecule has 1 aliphatic carbocycles. The summed E-state index contributed by atoms with van der Waals surface area (Å²) in [5, 5.41) is 0. The van der Waals surface area contributed by atoms with Gasteiger partial charge in [0.15, 0.2) is 0 Å². The molecule has 0 radical (unpaired) electrons. The fourth-order valence-electron chi connectivity index (χ4n) is 3.90. The fraction of sp³-hybridized carbons (Fsp3) is 0.667. The van der Waals surface area contributed by atoms with Crippen LogP contribution in [0.1, 0.15) is 56.6 Å². The zero-order chi connectivity index (χ0) is 13.3. The van der Waals surface area contributed by atoms with Crippen molar-refractivity contribution >= 4 is 0 Å². The molecule has 2 fully saturated rings. The summed E-state index contributed by atoms with van der Waals surface area (Å²) in [6.07, 6.45) is 8.45. The summed E-state index contributed by atoms with van der Waals surface area (Å²) in [6.45, 7) is 7.24. The van der Waals surface area contributed by atoms with E-state index in [4.69, 9.17) is 0 Å². The quantitative estimate of drug-likeness (QED) is 0.764. The Morgan fingerprint density at radius 2 is 1.58 bits per heavy atom. The van der Waals surface area contributed by atoms with Gasteiger partial charge in [-0.1, -0.05) is 49.6 Å². The predicted molar refractivity (Wildman–Crippen MR) is 81.6 cm³/mol. The van der Waals surface area contributed by atoms with Crippen LogP contribution in [0.3, 0.4) is 0 Å². The maximum atomic E-state index is 2.77. The summed E-state index contributed by atoms with van der Waals surface area (Å²) in [7, 11) is 0. The van der Waals surface area contributed by atoms with Crippen molar-refractivity contribution in [3.63, 3.8) is 0 Å². The lowest BCUT2D eigenvalue weighted by molar-refractivity contribution is 0.123. The minimum absolute atomic E-state index is 0.406. The molecule has 1 saturated heterocycles. The molecule has 104 valence electrons. The standard InChI is InChI=1S/C18H27N/c1-15-7-9-16(10-8-15)18(2)11-13-19(14-12-18)17-5-3-4-6-17/h7-10,17H,3-6,11-14H2,1-2H3. The van der Waals surface area contributed by atoms with Gasteiger partial charge < -0.3 is 4.90 Å². The van der Waals surface area contributed by atoms with Crippen LogP contribution in [0.25, 0.3) is 0 Å². The van der Waals surface area contributed by atoms with E-state index in [-0.39, 0.29) is 0 Å². The first-order valence-corrected chi connectivity index (χ1v) is 7.99. The van der Waals surface area contributed by atoms with Gasteiger partial charge in [0.25, 0.3) is 0 Å². The minimum atomic E-state index is 0.406. The highest BCUT2D eigenvalue weighted by Crippen LogP contribution is 2.37. The molecule has 0 aromatic heterocycles. The maximum absolute atomic E-state index is 2.77. The third-order valence-corrected chi connectivity index (χ3v) is 5.49. The number of hydrogen-bond donors (Lipinski definition) is 0. The number of hydrogen-bond acceptors (Lipinski definition) is 1. The average molecular weight is 257 g/mol. The Kier molecular flexibility index (Phi) is 3.66. The van der Waals surface area contributed by atoms with Crippen molar-refractivity contribution in [1.82, 2.24) is 4.90 Å². The molecule has 0 atom stereocenters. The molecule has 0 N–H and O–H groups in total. The van der Waals surface area contributed by atoms with Crippen LogP contribution in [0.4, 0.5) is 0 Å². The summed E-state index contributed by atoms with van der Waals surface area (Å²) in [6, 6.07) is 10.1. The highest BCUT2D eigenvalue weighted by atomic mass is 15.2. The molecule has 0 amide bonds. The molecule has 3 rings (SSSR count). The van der Waals surface area contributed by atoms with Crippen LogP contribution >= 0.6 is 0 Å². The SMILES string of the molecule is Cc1ccc(C2(C)CCN(C3CCCC3)CC2)cc1. The molecule has 1 aromatic rings. The first kappa shape index (κ1) is 13.2. The number of aryl methyl sites for hydroxylation is 1. The van der Waals surface area contributed by atoms with Crippen molar-refractivity contribution in [3.8, 4) is 0 Å². The van der Waals surface area contributed by atoms with Gasteiger partial charge in [0.05, 0.1) is 0 Å². The van der Waals surface area contributed by atoms with Gasteiger partial charge in [-0.15, -0.1) is 0 Å². The summed E-state index contributed by atoms with van der Waals surface area (Å²) >= 11 is 0. The van der Waals surface area contributed by atoms with E-state index < -0.39 is 0 Å². The van der Waals surface area contributed by atoms with Crippen molar-refractivity contribution < 1.29 is 0 Å². The van der Waals surface area contributed by atoms with Gasteiger partial charge in [0.1, 0.15) is 0 Å². The molecular formula is C18H27N. The summed E-state index contributed by atoms with van der Waals surface area (Å²) in [5.41, 5.74) is 3.32. The second-order valence-corrected chi connectivity index (χ2v) is 6.90. The number of nitrogens with zero attached hydrogens (tertiary/aromatic N) is 1. The van der Waals surface area contributed by atoms with E-state index in [2.05, 4.69) is 43.0 Å². The Morgan fingerprint density at radius 1 is 1.00 bits per heavy atom. The second-order valence-electron chi connectivity index (χ2n) is 6.90. The van der Waals surface area contributed by atoms with Crippen LogP contribution < -0.4 is 0 Å². The van der Waals surface area contributed by atoms with Crippen LogP contribution in [0.15, 0.2) is 24.3 Å². The van der Waals surface area contributed by atoms with Crippen LogP contribution in [-0.4, -0.2) is 24.0 Å². The maximum Gasteiger partial charge on any atom is 0.00952 e. The molecule has 1 aliphatic heterocycles. The first-order chi connectivity index (χ1) is 9.17. The molecule has 0 bridgehead atoms. The van der Waals surface area contributed by atoms with Gasteiger partial charge in [-0.3, -0.25) is 0 Å². The predicted octanol–water partition coefficient (Wildman–Crippen LogP) is 4.29. The highest BCUT2D eigenvalue weighted by Gasteiger charge is 2.34. The molecule has 1 saturated carbocycles. The van der Waals surface area contributed by atoms with Crippen LogP contribution in [0.2, 0.25) is 0 Å². The smallest absolute Gasteiger partial charge is 0.00952 e. The molecule has 19 heavy (non-hydrogen) atoms. The third-order valence-electron chi connectivity index (χ3n) is 5.49. The van der Waals surface area contributed by atoms with E-state index in [0.717, 1.165) is 6.04 Å². The highest BCUT2D eigenvalue weighted by molar-refractivity contribution is 5.28. The Morgan fingerprint density at radius 3 is 2.16 bits per heavy atom. The molecule has 1 heterocycles. The lowest BCUT2D eigenvalue weighted by atomic mass is 9.74. The molecule has 1 heteroatoms. The van der Waals surface area contributed by atoms with E-state index >= 15 is 0 Å². The largest absolute Gasteiger partial charge is 0.300 e. The number of piperidine rings is 1. The Balaban J connectivity index is 1.66. The Hall–Kier alpha value is -0.820. The van der Waals surface area contributed by atoms with Crippen LogP contribution in [0.5, 0.6) is 0 Å². The van der Waals surface area contributed by atoms with Crippen LogP contribution in [0, 0.1) is 6.92 Å². The van der Waals surface area contributed by atoms with Gasteiger partial charge in [-0.25, -0.2) is 0 Å². The monoisotopic (exact) mass is 257 g/mol. The van der Waals surface area contributed by atoms with Crippen molar-refractivity contribution in [2.45, 2.75) is 63.8 Å². The minimum Gasteiger partial charge on any atom is -0.300 e. The normalized spacial score (nSPS) is 24.7. The molecule has 0 spiro atoms. The number of rotatable bonds is 2. The van der Waals surface area contributed by atoms with Gasteiger partial charge in [0, 0.05) is 6.04 Å². The molecular weight excluding hydrogens is 230 g/mol. The van der Waals surface area contributed by atoms with E-state index in [9.17, 15) is 0 Å². The van der Waals surface area contributed by atoms with E-state index in [0.29, 0.717) is 5.41 Å². The number of benzene rings is 1. The number of likely N-dealkylation sites (tertiary alicyclic amines) is 1. The van der Waals surface area contributed by atoms with Crippen molar-refractivity contribution in [2.24, 2.45) is 0 Å². The van der Waals surface area contributed by atoms with E-state index in [1.165, 1.54) is 57.2 Å². The topological polar surface area (TPSA) is 3.24 Å². The van der Waals surface area contributed by atoms with E-state index in [1.807, 2.05) is 0 Å². The molecule has 1 nitrogen and oxygen atoms in total. The van der Waals surface area contributed by atoms with Crippen molar-refractivity contribution in [2.75, 3.05) is 13.1 Å². The zero-order valence-corrected chi connectivity index (χ0v) is 12.5. The molecule has 2 aliphatic rings. The van der Waals surface area contributed by atoms with Crippen molar-refractivity contribution in [1.29, 1.82) is 0 Å². The third kappa shape index (κ3) is 2.72. The van der Waals surface area contributed by atoms with Gasteiger partial charge in [-0.2, -0.15) is 0 Å². The van der Waals surface area contributed by atoms with Gasteiger partial charge in [0.2, 0.25) is 0 Å². The van der Waals surface area contributed by atoms with Crippen molar-refractivity contribution in [3.05, 3.63) is 35.4 Å². The second kappa shape index (κ2) is 5.28. The first-order valence-electron chi connectivity index (χ1n) is 7.99. The average Bonchev–Trinajstić information content (AvgIpc) is 2.94. The molecule has 0 unspecified atom stereocenters. The Bertz CT molecular complexity index is 406. The fourth-order valence-corrected chi connectivity index (χ4v) is 3.90. The summed E-state index contributed by atoms with van der Waals surface area (Å²) in [4.78, 5) is 2.77. The zero-order valence-electron chi connectivity index (χ0n) is 12.5. The Labute approximate surface area is 118 Å². The lowest BCUT2D eigenvalue weighted by Crippen LogP contribution is -2.45. The summed E-state index contributed by atoms with van der Waals surface area (Å²) in [5.74, 6) is 0. The lowest BCUT2D eigenvalue weighted by Gasteiger charge is -2.42. The van der Waals surface area contributed by atoms with Gasteiger partial charge in [-0.05, 0) is 56.7 Å². The van der Waals surface area contributed by atoms with Crippen LogP contribution in [-0.2, 0) is 5.41 Å². The van der Waals surface area contributed by atoms with Gasteiger partial charge >= 0.3 is 0 Å². The summed E-state index contributed by atoms with van der Waals surface area (Å²) < 4.78 is 0. The van der Waals surface area contributed by atoms with E-state index in [1.54, 1.807) is 5.56 Å².